The van der Waals surface area contributed by atoms with Crippen LogP contribution >= 0.6 is 0 Å². The Hall–Kier alpha value is -1.75. The molecular formula is C14H22N2O3. The lowest BCUT2D eigenvalue weighted by Gasteiger charge is -2.17. The van der Waals surface area contributed by atoms with E-state index in [1.54, 1.807) is 14.0 Å². The van der Waals surface area contributed by atoms with Crippen molar-refractivity contribution < 1.29 is 14.3 Å². The summed E-state index contributed by atoms with van der Waals surface area (Å²) in [7, 11) is 1.58. The lowest BCUT2D eigenvalue weighted by Crippen LogP contribution is -2.33. The molecule has 1 rings (SSSR count). The summed E-state index contributed by atoms with van der Waals surface area (Å²) < 4.78 is 11.2. The Kier molecular flexibility index (Phi) is 6.15. The zero-order valence-electron chi connectivity index (χ0n) is 11.7. The molecule has 1 atom stereocenters. The second-order valence-electron chi connectivity index (χ2n) is 4.13. The van der Waals surface area contributed by atoms with Crippen LogP contribution in [-0.4, -0.2) is 32.2 Å². The highest BCUT2D eigenvalue weighted by Gasteiger charge is 2.15. The highest BCUT2D eigenvalue weighted by molar-refractivity contribution is 5.80. The first kappa shape index (κ1) is 15.3. The standard InChI is InChI=1S/C14H22N2O3/c1-4-18-13-9-11(7-8-15)5-6-12(13)19-10(2)14(17)16-3/h5-6,9-10H,4,7-8,15H2,1-3H3,(H,16,17). The number of benzene rings is 1. The minimum atomic E-state index is -0.565. The van der Waals surface area contributed by atoms with Crippen LogP contribution in [0.5, 0.6) is 11.5 Å². The van der Waals surface area contributed by atoms with Crippen LogP contribution in [0.2, 0.25) is 0 Å². The average molecular weight is 266 g/mol. The molecule has 5 nitrogen and oxygen atoms in total. The number of carbonyl (C=O) groups excluding carboxylic acids is 1. The van der Waals surface area contributed by atoms with Gasteiger partial charge in [-0.2, -0.15) is 0 Å². The molecule has 3 N–H and O–H groups in total. The number of ether oxygens (including phenoxy) is 2. The van der Waals surface area contributed by atoms with Crippen LogP contribution in [-0.2, 0) is 11.2 Å². The van der Waals surface area contributed by atoms with Gasteiger partial charge >= 0.3 is 0 Å². The second-order valence-corrected chi connectivity index (χ2v) is 4.13. The number of nitrogens with one attached hydrogen (secondary N) is 1. The van der Waals surface area contributed by atoms with Crippen LogP contribution in [0.4, 0.5) is 0 Å². The third-order valence-electron chi connectivity index (χ3n) is 2.66. The summed E-state index contributed by atoms with van der Waals surface area (Å²) in [6.45, 7) is 4.72. The number of nitrogens with two attached hydrogens (primary N) is 1. The maximum absolute atomic E-state index is 11.5. The topological polar surface area (TPSA) is 73.6 Å². The van der Waals surface area contributed by atoms with E-state index in [1.165, 1.54) is 0 Å². The molecule has 106 valence electrons. The van der Waals surface area contributed by atoms with Gasteiger partial charge in [0, 0.05) is 7.05 Å². The van der Waals surface area contributed by atoms with Gasteiger partial charge in [0.05, 0.1) is 6.61 Å². The van der Waals surface area contributed by atoms with Crippen molar-refractivity contribution in [2.24, 2.45) is 5.73 Å². The smallest absolute Gasteiger partial charge is 0.260 e. The number of hydrogen-bond acceptors (Lipinski definition) is 4. The Bertz CT molecular complexity index is 421. The van der Waals surface area contributed by atoms with Gasteiger partial charge in [-0.05, 0) is 44.5 Å². The van der Waals surface area contributed by atoms with Crippen LogP contribution < -0.4 is 20.5 Å². The highest BCUT2D eigenvalue weighted by atomic mass is 16.5. The molecule has 0 heterocycles. The summed E-state index contributed by atoms with van der Waals surface area (Å²) >= 11 is 0. The SMILES string of the molecule is CCOc1cc(CCN)ccc1OC(C)C(=O)NC. The zero-order valence-corrected chi connectivity index (χ0v) is 11.7. The van der Waals surface area contributed by atoms with Crippen molar-refractivity contribution in [3.63, 3.8) is 0 Å². The van der Waals surface area contributed by atoms with Crippen molar-refractivity contribution in [2.75, 3.05) is 20.2 Å². The van der Waals surface area contributed by atoms with E-state index in [-0.39, 0.29) is 5.91 Å². The van der Waals surface area contributed by atoms with Crippen LogP contribution in [0.1, 0.15) is 19.4 Å². The summed E-state index contributed by atoms with van der Waals surface area (Å²) in [5.74, 6) is 1.04. The molecule has 0 bridgehead atoms. The number of carbonyl (C=O) groups is 1. The van der Waals surface area contributed by atoms with Crippen molar-refractivity contribution in [3.8, 4) is 11.5 Å². The maximum atomic E-state index is 11.5. The summed E-state index contributed by atoms with van der Waals surface area (Å²) in [5, 5.41) is 2.55. The Balaban J connectivity index is 2.89. The first-order valence-corrected chi connectivity index (χ1v) is 6.46. The highest BCUT2D eigenvalue weighted by Crippen LogP contribution is 2.29. The van der Waals surface area contributed by atoms with E-state index in [9.17, 15) is 4.79 Å². The molecule has 0 aliphatic carbocycles. The molecule has 1 amide bonds. The van der Waals surface area contributed by atoms with E-state index in [0.717, 1.165) is 12.0 Å². The molecule has 0 aliphatic rings. The number of rotatable bonds is 7. The minimum Gasteiger partial charge on any atom is -0.490 e. The molecule has 0 aromatic heterocycles. The van der Waals surface area contributed by atoms with Crippen molar-refractivity contribution in [3.05, 3.63) is 23.8 Å². The molecular weight excluding hydrogens is 244 g/mol. The van der Waals surface area contributed by atoms with Gasteiger partial charge in [0.15, 0.2) is 17.6 Å². The molecule has 0 fully saturated rings. The van der Waals surface area contributed by atoms with Crippen molar-refractivity contribution >= 4 is 5.91 Å². The van der Waals surface area contributed by atoms with E-state index in [0.29, 0.717) is 24.7 Å². The van der Waals surface area contributed by atoms with Gasteiger partial charge in [-0.1, -0.05) is 6.07 Å². The molecule has 19 heavy (non-hydrogen) atoms. The van der Waals surface area contributed by atoms with E-state index in [1.807, 2.05) is 25.1 Å². The number of amides is 1. The van der Waals surface area contributed by atoms with E-state index in [2.05, 4.69) is 5.32 Å². The van der Waals surface area contributed by atoms with E-state index >= 15 is 0 Å². The fourth-order valence-corrected chi connectivity index (χ4v) is 1.69. The summed E-state index contributed by atoms with van der Waals surface area (Å²) in [5.41, 5.74) is 6.62. The monoisotopic (exact) mass is 266 g/mol. The fraction of sp³-hybridized carbons (Fsp3) is 0.500. The molecule has 0 spiro atoms. The summed E-state index contributed by atoms with van der Waals surface area (Å²) in [4.78, 5) is 11.5. The molecule has 0 saturated heterocycles. The third kappa shape index (κ3) is 4.44. The molecule has 1 unspecified atom stereocenters. The van der Waals surface area contributed by atoms with E-state index in [4.69, 9.17) is 15.2 Å². The predicted octanol–water partition coefficient (Wildman–Crippen LogP) is 1.10. The van der Waals surface area contributed by atoms with Crippen LogP contribution in [0.3, 0.4) is 0 Å². The van der Waals surface area contributed by atoms with Crippen LogP contribution in [0.15, 0.2) is 18.2 Å². The summed E-state index contributed by atoms with van der Waals surface area (Å²) in [6.07, 6.45) is 0.218. The Labute approximate surface area is 114 Å². The first-order valence-electron chi connectivity index (χ1n) is 6.46. The van der Waals surface area contributed by atoms with Gasteiger partial charge < -0.3 is 20.5 Å². The normalized spacial score (nSPS) is 11.8. The van der Waals surface area contributed by atoms with Gasteiger partial charge in [0.25, 0.3) is 5.91 Å². The van der Waals surface area contributed by atoms with Crippen molar-refractivity contribution in [1.29, 1.82) is 0 Å². The Morgan fingerprint density at radius 1 is 1.42 bits per heavy atom. The predicted molar refractivity (Wildman–Crippen MR) is 74.5 cm³/mol. The number of likely N-dealkylation sites (N-methyl/N-ethyl adjacent to an activating group) is 1. The quantitative estimate of drug-likeness (QED) is 0.775. The molecule has 1 aromatic rings. The van der Waals surface area contributed by atoms with Crippen LogP contribution in [0, 0.1) is 0 Å². The number of hydrogen-bond donors (Lipinski definition) is 2. The minimum absolute atomic E-state index is 0.173. The Morgan fingerprint density at radius 2 is 2.16 bits per heavy atom. The van der Waals surface area contributed by atoms with Gasteiger partial charge in [-0.15, -0.1) is 0 Å². The molecule has 0 aliphatic heterocycles. The second kappa shape index (κ2) is 7.63. The first-order chi connectivity index (χ1) is 9.12. The molecule has 0 radical (unpaired) electrons. The lowest BCUT2D eigenvalue weighted by atomic mass is 10.1. The van der Waals surface area contributed by atoms with Gasteiger partial charge in [-0.25, -0.2) is 0 Å². The largest absolute Gasteiger partial charge is 0.490 e. The van der Waals surface area contributed by atoms with Crippen molar-refractivity contribution in [1.82, 2.24) is 5.32 Å². The summed E-state index contributed by atoms with van der Waals surface area (Å²) in [6, 6.07) is 5.65. The van der Waals surface area contributed by atoms with E-state index < -0.39 is 6.10 Å². The van der Waals surface area contributed by atoms with Gasteiger partial charge in [-0.3, -0.25) is 4.79 Å². The Morgan fingerprint density at radius 3 is 2.74 bits per heavy atom. The van der Waals surface area contributed by atoms with Gasteiger partial charge in [0.2, 0.25) is 0 Å². The van der Waals surface area contributed by atoms with Crippen LogP contribution in [0.25, 0.3) is 0 Å². The van der Waals surface area contributed by atoms with Gasteiger partial charge in [0.1, 0.15) is 0 Å². The lowest BCUT2D eigenvalue weighted by molar-refractivity contribution is -0.126. The molecule has 1 aromatic carbocycles. The average Bonchev–Trinajstić information content (AvgIpc) is 2.41. The van der Waals surface area contributed by atoms with Crippen molar-refractivity contribution in [2.45, 2.75) is 26.4 Å². The fourth-order valence-electron chi connectivity index (χ4n) is 1.69. The zero-order chi connectivity index (χ0) is 14.3. The molecule has 5 heteroatoms. The maximum Gasteiger partial charge on any atom is 0.260 e. The third-order valence-corrected chi connectivity index (χ3v) is 2.66. The molecule has 0 saturated carbocycles.